The maximum atomic E-state index is 5.94. The van der Waals surface area contributed by atoms with Crippen LogP contribution in [0.4, 0.5) is 0 Å². The molecule has 0 spiro atoms. The number of rotatable bonds is 6. The highest BCUT2D eigenvalue weighted by molar-refractivity contribution is 14.0. The van der Waals surface area contributed by atoms with Crippen LogP contribution in [0.25, 0.3) is 0 Å². The molecule has 1 unspecified atom stereocenters. The quantitative estimate of drug-likeness (QED) is 0.376. The minimum Gasteiger partial charge on any atom is -0.488 e. The van der Waals surface area contributed by atoms with E-state index in [1.807, 2.05) is 50.4 Å². The number of pyridine rings is 1. The fourth-order valence-electron chi connectivity index (χ4n) is 2.81. The van der Waals surface area contributed by atoms with Crippen molar-refractivity contribution in [3.05, 3.63) is 53.7 Å². The summed E-state index contributed by atoms with van der Waals surface area (Å²) >= 11 is 0. The number of para-hydroxylation sites is 1. The van der Waals surface area contributed by atoms with Gasteiger partial charge >= 0.3 is 0 Å². The van der Waals surface area contributed by atoms with Crippen LogP contribution in [0.5, 0.6) is 11.6 Å². The normalized spacial score (nSPS) is 15.6. The molecule has 0 radical (unpaired) electrons. The number of benzene rings is 1. The summed E-state index contributed by atoms with van der Waals surface area (Å²) in [5.41, 5.74) is 2.32. The molecule has 0 saturated carbocycles. The molecule has 0 bridgehead atoms. The third kappa shape index (κ3) is 6.27. The zero-order valence-electron chi connectivity index (χ0n) is 15.9. The average molecular weight is 482 g/mol. The van der Waals surface area contributed by atoms with E-state index in [4.69, 9.17) is 9.47 Å². The second-order valence-electron chi connectivity index (χ2n) is 6.53. The van der Waals surface area contributed by atoms with Crippen molar-refractivity contribution in [1.29, 1.82) is 0 Å². The molecule has 1 aromatic heterocycles. The lowest BCUT2D eigenvalue weighted by molar-refractivity contribution is 0.232. The number of aromatic nitrogens is 1. The van der Waals surface area contributed by atoms with Crippen molar-refractivity contribution >= 4 is 29.9 Å². The Kier molecular flexibility index (Phi) is 8.15. The zero-order valence-corrected chi connectivity index (χ0v) is 18.3. The fourth-order valence-corrected chi connectivity index (χ4v) is 2.81. The van der Waals surface area contributed by atoms with Crippen molar-refractivity contribution in [2.24, 2.45) is 4.99 Å². The van der Waals surface area contributed by atoms with Gasteiger partial charge in [-0.15, -0.1) is 24.0 Å². The standard InChI is InChI=1S/C20H26N4O2.HI/c1-14(2)25-19-9-8-15(11-22-19)12-23-20(21-3)24-13-17-10-16-6-4-5-7-18(16)26-17;/h4-9,11,14,17H,10,12-13H2,1-3H3,(H2,21,23,24);1H. The molecule has 1 aliphatic rings. The molecule has 0 fully saturated rings. The Morgan fingerprint density at radius 3 is 2.74 bits per heavy atom. The first-order chi connectivity index (χ1) is 12.6. The lowest BCUT2D eigenvalue weighted by Gasteiger charge is -2.15. The molecule has 1 aromatic carbocycles. The highest BCUT2D eigenvalue weighted by atomic mass is 127. The second kappa shape index (κ2) is 10.3. The van der Waals surface area contributed by atoms with Gasteiger partial charge < -0.3 is 20.1 Å². The number of aliphatic imine (C=N–C) groups is 1. The van der Waals surface area contributed by atoms with E-state index in [1.165, 1.54) is 5.56 Å². The summed E-state index contributed by atoms with van der Waals surface area (Å²) in [6.07, 6.45) is 2.98. The molecule has 146 valence electrons. The van der Waals surface area contributed by atoms with Gasteiger partial charge in [-0.05, 0) is 31.0 Å². The van der Waals surface area contributed by atoms with Gasteiger partial charge in [0.2, 0.25) is 5.88 Å². The first-order valence-electron chi connectivity index (χ1n) is 8.94. The van der Waals surface area contributed by atoms with Crippen molar-refractivity contribution in [3.63, 3.8) is 0 Å². The Balaban J connectivity index is 0.00000261. The van der Waals surface area contributed by atoms with E-state index >= 15 is 0 Å². The smallest absolute Gasteiger partial charge is 0.213 e. The fraction of sp³-hybridized carbons (Fsp3) is 0.400. The predicted molar refractivity (Wildman–Crippen MR) is 118 cm³/mol. The van der Waals surface area contributed by atoms with E-state index < -0.39 is 0 Å². The van der Waals surface area contributed by atoms with Gasteiger partial charge in [0, 0.05) is 32.3 Å². The lowest BCUT2D eigenvalue weighted by atomic mass is 10.1. The summed E-state index contributed by atoms with van der Waals surface area (Å²) in [4.78, 5) is 8.58. The largest absolute Gasteiger partial charge is 0.488 e. The van der Waals surface area contributed by atoms with Gasteiger partial charge in [-0.3, -0.25) is 4.99 Å². The number of halogens is 1. The zero-order chi connectivity index (χ0) is 18.4. The Bertz CT molecular complexity index is 725. The van der Waals surface area contributed by atoms with Crippen LogP contribution in [-0.4, -0.2) is 36.7 Å². The van der Waals surface area contributed by atoms with Gasteiger partial charge in [0.25, 0.3) is 0 Å². The van der Waals surface area contributed by atoms with Gasteiger partial charge in [0.15, 0.2) is 5.96 Å². The molecule has 0 saturated heterocycles. The highest BCUT2D eigenvalue weighted by Gasteiger charge is 2.22. The van der Waals surface area contributed by atoms with Crippen molar-refractivity contribution in [1.82, 2.24) is 15.6 Å². The molecule has 1 aliphatic heterocycles. The number of fused-ring (bicyclic) bond motifs is 1. The van der Waals surface area contributed by atoms with Crippen molar-refractivity contribution in [2.75, 3.05) is 13.6 Å². The Morgan fingerprint density at radius 2 is 2.07 bits per heavy atom. The maximum Gasteiger partial charge on any atom is 0.213 e. The average Bonchev–Trinajstić information content (AvgIpc) is 3.05. The number of guanidine groups is 1. The van der Waals surface area contributed by atoms with Crippen LogP contribution in [0.1, 0.15) is 25.0 Å². The van der Waals surface area contributed by atoms with Gasteiger partial charge in [-0.1, -0.05) is 24.3 Å². The number of hydrogen-bond donors (Lipinski definition) is 2. The molecule has 0 amide bonds. The van der Waals surface area contributed by atoms with Crippen LogP contribution in [0.15, 0.2) is 47.6 Å². The monoisotopic (exact) mass is 482 g/mol. The molecule has 2 heterocycles. The van der Waals surface area contributed by atoms with Crippen LogP contribution in [0, 0.1) is 0 Å². The van der Waals surface area contributed by atoms with Crippen molar-refractivity contribution in [2.45, 2.75) is 39.0 Å². The summed E-state index contributed by atoms with van der Waals surface area (Å²) in [7, 11) is 1.76. The summed E-state index contributed by atoms with van der Waals surface area (Å²) in [5.74, 6) is 2.37. The molecule has 0 aliphatic carbocycles. The molecule has 6 nitrogen and oxygen atoms in total. The van der Waals surface area contributed by atoms with Crippen LogP contribution >= 0.6 is 24.0 Å². The summed E-state index contributed by atoms with van der Waals surface area (Å²) in [5, 5.41) is 6.62. The predicted octanol–water partition coefficient (Wildman–Crippen LogP) is 3.16. The summed E-state index contributed by atoms with van der Waals surface area (Å²) in [6, 6.07) is 12.1. The van der Waals surface area contributed by atoms with E-state index in [1.54, 1.807) is 7.05 Å². The van der Waals surface area contributed by atoms with Gasteiger partial charge in [-0.25, -0.2) is 4.98 Å². The number of nitrogens with zero attached hydrogens (tertiary/aromatic N) is 2. The maximum absolute atomic E-state index is 5.94. The third-order valence-electron chi connectivity index (χ3n) is 4.05. The van der Waals surface area contributed by atoms with Crippen molar-refractivity contribution in [3.8, 4) is 11.6 Å². The first kappa shape index (κ1) is 21.3. The number of hydrogen-bond acceptors (Lipinski definition) is 4. The molecule has 7 heteroatoms. The molecule has 2 aromatic rings. The molecular formula is C20H27IN4O2. The van der Waals surface area contributed by atoms with Crippen molar-refractivity contribution < 1.29 is 9.47 Å². The molecule has 2 N–H and O–H groups in total. The minimum absolute atomic E-state index is 0. The molecule has 27 heavy (non-hydrogen) atoms. The molecule has 1 atom stereocenters. The molecular weight excluding hydrogens is 455 g/mol. The van der Waals surface area contributed by atoms with E-state index in [2.05, 4.69) is 26.7 Å². The van der Waals surface area contributed by atoms with Crippen LogP contribution in [0.2, 0.25) is 0 Å². The van der Waals surface area contributed by atoms with E-state index in [0.29, 0.717) is 19.0 Å². The number of ether oxygens (including phenoxy) is 2. The first-order valence-corrected chi connectivity index (χ1v) is 8.94. The lowest BCUT2D eigenvalue weighted by Crippen LogP contribution is -2.41. The SMILES string of the molecule is CN=C(NCc1ccc(OC(C)C)nc1)NCC1Cc2ccccc2O1.I. The molecule has 3 rings (SSSR count). The summed E-state index contributed by atoms with van der Waals surface area (Å²) < 4.78 is 11.5. The Labute approximate surface area is 177 Å². The van der Waals surface area contributed by atoms with Gasteiger partial charge in [0.05, 0.1) is 12.6 Å². The van der Waals surface area contributed by atoms with Gasteiger partial charge in [-0.2, -0.15) is 0 Å². The minimum atomic E-state index is 0. The Hall–Kier alpha value is -2.03. The topological polar surface area (TPSA) is 67.8 Å². The van der Waals surface area contributed by atoms with E-state index in [-0.39, 0.29) is 36.2 Å². The Morgan fingerprint density at radius 1 is 1.26 bits per heavy atom. The van der Waals surface area contributed by atoms with E-state index in [0.717, 1.165) is 23.7 Å². The highest BCUT2D eigenvalue weighted by Crippen LogP contribution is 2.27. The van der Waals surface area contributed by atoms with Crippen LogP contribution < -0.4 is 20.1 Å². The van der Waals surface area contributed by atoms with Crippen LogP contribution in [-0.2, 0) is 13.0 Å². The van der Waals surface area contributed by atoms with Crippen LogP contribution in [0.3, 0.4) is 0 Å². The third-order valence-corrected chi connectivity index (χ3v) is 4.05. The van der Waals surface area contributed by atoms with Gasteiger partial charge in [0.1, 0.15) is 11.9 Å². The summed E-state index contributed by atoms with van der Waals surface area (Å²) in [6.45, 7) is 5.31. The number of nitrogens with one attached hydrogen (secondary N) is 2. The van der Waals surface area contributed by atoms with E-state index in [9.17, 15) is 0 Å². The second-order valence-corrected chi connectivity index (χ2v) is 6.53.